The van der Waals surface area contributed by atoms with Crippen LogP contribution in [0.5, 0.6) is 0 Å². The van der Waals surface area contributed by atoms with Gasteiger partial charge in [-0.1, -0.05) is 11.6 Å². The molecule has 4 nitrogen and oxygen atoms in total. The molecular formula is C9H10ClN3OS. The number of fused-ring (bicyclic) bond motifs is 3. The molecule has 1 fully saturated rings. The molecule has 0 radical (unpaired) electrons. The number of nitrogens with zero attached hydrogens (tertiary/aromatic N) is 3. The lowest BCUT2D eigenvalue weighted by Gasteiger charge is -2.29. The zero-order valence-electron chi connectivity index (χ0n) is 8.02. The van der Waals surface area contributed by atoms with Crippen molar-refractivity contribution in [3.8, 4) is 0 Å². The molecule has 0 aromatic carbocycles. The molecule has 3 heterocycles. The summed E-state index contributed by atoms with van der Waals surface area (Å²) in [5, 5.41) is 0.296. The Hall–Kier alpha value is -0.680. The number of hydrogen-bond donors (Lipinski definition) is 0. The molecule has 1 aromatic rings. The van der Waals surface area contributed by atoms with Crippen LogP contribution in [0.4, 0.5) is 5.82 Å². The normalized spacial score (nSPS) is 23.8. The second-order valence-corrected chi connectivity index (χ2v) is 5.29. The molecule has 1 unspecified atom stereocenters. The smallest absolute Gasteiger partial charge is 0.350 e. The molecule has 15 heavy (non-hydrogen) atoms. The summed E-state index contributed by atoms with van der Waals surface area (Å²) in [6.45, 7) is 1.75. The minimum Gasteiger partial charge on any atom is -0.351 e. The first kappa shape index (κ1) is 9.54. The number of hydrogen-bond acceptors (Lipinski definition) is 4. The zero-order chi connectivity index (χ0) is 10.4. The summed E-state index contributed by atoms with van der Waals surface area (Å²) in [4.78, 5) is 17.6. The molecule has 0 amide bonds. The largest absolute Gasteiger partial charge is 0.351 e. The molecule has 3 rings (SSSR count). The van der Waals surface area contributed by atoms with E-state index < -0.39 is 0 Å². The van der Waals surface area contributed by atoms with E-state index in [4.69, 9.17) is 11.6 Å². The molecule has 0 saturated carbocycles. The highest BCUT2D eigenvalue weighted by atomic mass is 35.5. The summed E-state index contributed by atoms with van der Waals surface area (Å²) in [5.74, 6) is 3.13. The number of aromatic nitrogens is 2. The molecule has 80 valence electrons. The average Bonchev–Trinajstić information content (AvgIpc) is 2.57. The van der Waals surface area contributed by atoms with Crippen LogP contribution in [0.2, 0.25) is 5.15 Å². The van der Waals surface area contributed by atoms with Gasteiger partial charge >= 0.3 is 5.69 Å². The third-order valence-electron chi connectivity index (χ3n) is 2.87. The first-order chi connectivity index (χ1) is 7.25. The van der Waals surface area contributed by atoms with E-state index in [9.17, 15) is 4.79 Å². The van der Waals surface area contributed by atoms with E-state index in [0.29, 0.717) is 11.2 Å². The number of thioether (sulfide) groups is 1. The van der Waals surface area contributed by atoms with Gasteiger partial charge in [0.2, 0.25) is 0 Å². The van der Waals surface area contributed by atoms with Crippen LogP contribution in [0, 0.1) is 0 Å². The fourth-order valence-electron chi connectivity index (χ4n) is 2.19. The minimum absolute atomic E-state index is 0.225. The maximum Gasteiger partial charge on any atom is 0.350 e. The minimum atomic E-state index is -0.225. The zero-order valence-corrected chi connectivity index (χ0v) is 9.59. The molecule has 2 aliphatic rings. The Morgan fingerprint density at radius 3 is 3.33 bits per heavy atom. The molecule has 0 aliphatic carbocycles. The molecule has 1 atom stereocenters. The van der Waals surface area contributed by atoms with E-state index in [1.54, 1.807) is 10.6 Å². The van der Waals surface area contributed by atoms with Gasteiger partial charge in [-0.15, -0.1) is 0 Å². The van der Waals surface area contributed by atoms with Crippen LogP contribution in [0.15, 0.2) is 10.9 Å². The number of anilines is 1. The Morgan fingerprint density at radius 2 is 2.47 bits per heavy atom. The van der Waals surface area contributed by atoms with Gasteiger partial charge in [-0.2, -0.15) is 16.7 Å². The van der Waals surface area contributed by atoms with Crippen LogP contribution in [0.1, 0.15) is 0 Å². The van der Waals surface area contributed by atoms with Crippen molar-refractivity contribution in [2.24, 2.45) is 0 Å². The Morgan fingerprint density at radius 1 is 1.60 bits per heavy atom. The van der Waals surface area contributed by atoms with Crippen molar-refractivity contribution in [1.82, 2.24) is 9.55 Å². The van der Waals surface area contributed by atoms with Gasteiger partial charge in [-0.25, -0.2) is 4.79 Å². The number of halogens is 1. The predicted molar refractivity (Wildman–Crippen MR) is 62.0 cm³/mol. The topological polar surface area (TPSA) is 38.1 Å². The van der Waals surface area contributed by atoms with Crippen molar-refractivity contribution in [3.05, 3.63) is 21.7 Å². The summed E-state index contributed by atoms with van der Waals surface area (Å²) in [7, 11) is 0. The third kappa shape index (κ3) is 1.45. The monoisotopic (exact) mass is 243 g/mol. The van der Waals surface area contributed by atoms with E-state index in [1.807, 2.05) is 11.8 Å². The van der Waals surface area contributed by atoms with Crippen molar-refractivity contribution in [3.63, 3.8) is 0 Å². The first-order valence-corrected chi connectivity index (χ1v) is 6.41. The van der Waals surface area contributed by atoms with E-state index in [2.05, 4.69) is 9.88 Å². The van der Waals surface area contributed by atoms with Crippen LogP contribution in [-0.4, -0.2) is 33.6 Å². The molecule has 6 heteroatoms. The lowest BCUT2D eigenvalue weighted by atomic mass is 10.3. The molecule has 0 spiro atoms. The van der Waals surface area contributed by atoms with Gasteiger partial charge in [-0.3, -0.25) is 4.57 Å². The van der Waals surface area contributed by atoms with E-state index in [0.717, 1.165) is 30.4 Å². The van der Waals surface area contributed by atoms with Crippen LogP contribution in [0.3, 0.4) is 0 Å². The van der Waals surface area contributed by atoms with Crippen molar-refractivity contribution in [1.29, 1.82) is 0 Å². The van der Waals surface area contributed by atoms with Crippen LogP contribution >= 0.6 is 23.4 Å². The highest BCUT2D eigenvalue weighted by Crippen LogP contribution is 2.30. The lowest BCUT2D eigenvalue weighted by molar-refractivity contribution is 0.618. The molecule has 0 bridgehead atoms. The lowest BCUT2D eigenvalue weighted by Crippen LogP contribution is -2.39. The SMILES string of the molecule is O=c1nc(Cl)cc2n1CC1CSCCN21. The van der Waals surface area contributed by atoms with Gasteiger partial charge in [0.1, 0.15) is 11.0 Å². The van der Waals surface area contributed by atoms with Crippen LogP contribution < -0.4 is 10.6 Å². The quantitative estimate of drug-likeness (QED) is 0.633. The summed E-state index contributed by atoms with van der Waals surface area (Å²) >= 11 is 7.75. The molecule has 1 saturated heterocycles. The Balaban J connectivity index is 2.12. The second kappa shape index (κ2) is 3.42. The van der Waals surface area contributed by atoms with Crippen LogP contribution in [0.25, 0.3) is 0 Å². The molecule has 2 aliphatic heterocycles. The highest BCUT2D eigenvalue weighted by Gasteiger charge is 2.32. The van der Waals surface area contributed by atoms with Crippen molar-refractivity contribution >= 4 is 29.2 Å². The summed E-state index contributed by atoms with van der Waals surface area (Å²) in [6, 6.07) is 2.23. The Labute approximate surface area is 96.2 Å². The van der Waals surface area contributed by atoms with Gasteiger partial charge in [0.25, 0.3) is 0 Å². The standard InChI is InChI=1S/C9H10ClN3OS/c10-7-3-8-12-1-2-15-5-6(12)4-13(8)9(14)11-7/h3,6H,1-2,4-5H2. The van der Waals surface area contributed by atoms with Gasteiger partial charge in [-0.05, 0) is 0 Å². The van der Waals surface area contributed by atoms with E-state index in [1.165, 1.54) is 0 Å². The maximum atomic E-state index is 11.6. The summed E-state index contributed by atoms with van der Waals surface area (Å²) < 4.78 is 1.72. The van der Waals surface area contributed by atoms with Crippen molar-refractivity contribution in [2.45, 2.75) is 12.6 Å². The molecule has 0 N–H and O–H groups in total. The first-order valence-electron chi connectivity index (χ1n) is 4.87. The van der Waals surface area contributed by atoms with Gasteiger partial charge in [0, 0.05) is 24.1 Å². The summed E-state index contributed by atoms with van der Waals surface area (Å²) in [6.07, 6.45) is 0. The fourth-order valence-corrected chi connectivity index (χ4v) is 3.41. The average molecular weight is 244 g/mol. The predicted octanol–water partition coefficient (Wildman–Crippen LogP) is 0.832. The van der Waals surface area contributed by atoms with Gasteiger partial charge < -0.3 is 4.90 Å². The maximum absolute atomic E-state index is 11.6. The van der Waals surface area contributed by atoms with E-state index in [-0.39, 0.29) is 5.69 Å². The van der Waals surface area contributed by atoms with Gasteiger partial charge in [0.05, 0.1) is 12.6 Å². The van der Waals surface area contributed by atoms with Gasteiger partial charge in [0.15, 0.2) is 0 Å². The number of rotatable bonds is 0. The third-order valence-corrected chi connectivity index (χ3v) is 4.16. The van der Waals surface area contributed by atoms with Crippen molar-refractivity contribution < 1.29 is 0 Å². The van der Waals surface area contributed by atoms with Crippen LogP contribution in [-0.2, 0) is 6.54 Å². The Bertz CT molecular complexity index is 461. The van der Waals surface area contributed by atoms with Crippen molar-refractivity contribution in [2.75, 3.05) is 23.0 Å². The fraction of sp³-hybridized carbons (Fsp3) is 0.556. The second-order valence-electron chi connectivity index (χ2n) is 3.75. The molecular weight excluding hydrogens is 234 g/mol. The highest BCUT2D eigenvalue weighted by molar-refractivity contribution is 7.99. The van der Waals surface area contributed by atoms with E-state index >= 15 is 0 Å². The summed E-state index contributed by atoms with van der Waals surface area (Å²) in [5.41, 5.74) is -0.225. The molecule has 1 aromatic heterocycles. The Kier molecular flexibility index (Phi) is 2.17.